The first-order valence-corrected chi connectivity index (χ1v) is 22.3. The topological polar surface area (TPSA) is 178 Å². The van der Waals surface area contributed by atoms with E-state index in [1.54, 1.807) is 0 Å². The summed E-state index contributed by atoms with van der Waals surface area (Å²) in [6.07, 6.45) is 24.2. The summed E-state index contributed by atoms with van der Waals surface area (Å²) in [5, 5.41) is 30.5. The predicted octanol–water partition coefficient (Wildman–Crippen LogP) is 7.91. The molecule has 0 bridgehead atoms. The number of unbranched alkanes of at least 4 members (excludes halogenated alkanes) is 21. The SMILES string of the molecule is CCCCCCCCC/C=C\CCCCCCCCCCOCC(COC1OC(CO)C(O)C(OS(=O)(=O)O)C1O)OC(=O)CCCCCCCCC. The lowest BCUT2D eigenvalue weighted by molar-refractivity contribution is -0.301. The van der Waals surface area contributed by atoms with E-state index in [1.807, 2.05) is 0 Å². The van der Waals surface area contributed by atoms with Crippen molar-refractivity contribution in [3.8, 4) is 0 Å². The highest BCUT2D eigenvalue weighted by Crippen LogP contribution is 2.26. The van der Waals surface area contributed by atoms with Gasteiger partial charge in [0, 0.05) is 13.0 Å². The highest BCUT2D eigenvalue weighted by atomic mass is 32.3. The monoisotopic (exact) mass is 781 g/mol. The average Bonchev–Trinajstić information content (AvgIpc) is 3.12. The highest BCUT2D eigenvalue weighted by Gasteiger charge is 2.48. The molecule has 1 aliphatic heterocycles. The summed E-state index contributed by atoms with van der Waals surface area (Å²) in [5.41, 5.74) is 0. The van der Waals surface area contributed by atoms with Crippen LogP contribution in [-0.2, 0) is 38.3 Å². The van der Waals surface area contributed by atoms with E-state index in [2.05, 4.69) is 30.2 Å². The number of hydrogen-bond acceptors (Lipinski definition) is 11. The standard InChI is InChI=1S/C40H76O12S/c1-3-5-7-9-11-12-13-14-15-16-17-18-19-20-21-22-24-26-28-30-48-32-34(50-36(42)29-27-25-23-10-8-6-4-2)33-49-40-38(44)39(52-53(45,46)47)37(43)35(31-41)51-40/h15-16,34-35,37-41,43-44H,3-14,17-33H2,1-2H3,(H,45,46,47)/b16-15-. The number of esters is 1. The van der Waals surface area contributed by atoms with Gasteiger partial charge in [-0.2, -0.15) is 8.42 Å². The minimum Gasteiger partial charge on any atom is -0.457 e. The molecule has 314 valence electrons. The number of hydrogen-bond donors (Lipinski definition) is 4. The molecule has 53 heavy (non-hydrogen) atoms. The van der Waals surface area contributed by atoms with E-state index in [1.165, 1.54) is 109 Å². The van der Waals surface area contributed by atoms with Gasteiger partial charge in [-0.05, 0) is 38.5 Å². The summed E-state index contributed by atoms with van der Waals surface area (Å²) in [4.78, 5) is 12.7. The van der Waals surface area contributed by atoms with Crippen LogP contribution in [0.2, 0.25) is 0 Å². The van der Waals surface area contributed by atoms with Crippen molar-refractivity contribution in [3.05, 3.63) is 12.2 Å². The van der Waals surface area contributed by atoms with E-state index in [-0.39, 0.29) is 19.6 Å². The van der Waals surface area contributed by atoms with Crippen LogP contribution in [0, 0.1) is 0 Å². The molecule has 0 aromatic rings. The Kier molecular flexibility index (Phi) is 31.1. The Labute approximate surface area is 321 Å². The highest BCUT2D eigenvalue weighted by molar-refractivity contribution is 7.80. The third-order valence-corrected chi connectivity index (χ3v) is 10.1. The van der Waals surface area contributed by atoms with Crippen molar-refractivity contribution in [2.75, 3.05) is 26.4 Å². The zero-order valence-corrected chi connectivity index (χ0v) is 33.9. The molecule has 1 aliphatic rings. The molecular formula is C40H76O12S. The van der Waals surface area contributed by atoms with Crippen LogP contribution < -0.4 is 0 Å². The van der Waals surface area contributed by atoms with Crippen molar-refractivity contribution in [2.24, 2.45) is 0 Å². The largest absolute Gasteiger partial charge is 0.457 e. The van der Waals surface area contributed by atoms with Gasteiger partial charge in [0.1, 0.15) is 30.5 Å². The number of aliphatic hydroxyl groups is 3. The van der Waals surface area contributed by atoms with Gasteiger partial charge in [-0.25, -0.2) is 4.18 Å². The number of allylic oxidation sites excluding steroid dienone is 2. The first kappa shape index (κ1) is 49.9. The zero-order valence-electron chi connectivity index (χ0n) is 33.1. The fourth-order valence-corrected chi connectivity index (χ4v) is 6.94. The number of carbonyl (C=O) groups is 1. The van der Waals surface area contributed by atoms with E-state index in [0.29, 0.717) is 13.0 Å². The van der Waals surface area contributed by atoms with E-state index >= 15 is 0 Å². The summed E-state index contributed by atoms with van der Waals surface area (Å²) in [7, 11) is -5.05. The smallest absolute Gasteiger partial charge is 0.397 e. The molecule has 0 aliphatic carbocycles. The molecule has 6 atom stereocenters. The maximum atomic E-state index is 12.7. The molecule has 12 nitrogen and oxygen atoms in total. The van der Waals surface area contributed by atoms with Gasteiger partial charge in [0.25, 0.3) is 0 Å². The summed E-state index contributed by atoms with van der Waals surface area (Å²) in [6, 6.07) is 0. The minimum atomic E-state index is -5.05. The van der Waals surface area contributed by atoms with Crippen LogP contribution in [0.25, 0.3) is 0 Å². The Morgan fingerprint density at radius 1 is 0.698 bits per heavy atom. The minimum absolute atomic E-state index is 0.0378. The Morgan fingerprint density at radius 3 is 1.70 bits per heavy atom. The second kappa shape index (κ2) is 33.0. The predicted molar refractivity (Wildman–Crippen MR) is 207 cm³/mol. The van der Waals surface area contributed by atoms with Gasteiger partial charge < -0.3 is 34.3 Å². The van der Waals surface area contributed by atoms with Crippen molar-refractivity contribution in [1.29, 1.82) is 0 Å². The van der Waals surface area contributed by atoms with Gasteiger partial charge in [-0.3, -0.25) is 9.35 Å². The summed E-state index contributed by atoms with van der Waals surface area (Å²) in [5.74, 6) is -0.406. The molecular weight excluding hydrogens is 704 g/mol. The molecule has 0 saturated carbocycles. The molecule has 6 unspecified atom stereocenters. The third-order valence-electron chi connectivity index (χ3n) is 9.64. The van der Waals surface area contributed by atoms with Crippen LogP contribution in [-0.4, -0.2) is 97.5 Å². The Bertz CT molecular complexity index is 994. The van der Waals surface area contributed by atoms with Gasteiger partial charge >= 0.3 is 16.4 Å². The van der Waals surface area contributed by atoms with Gasteiger partial charge in [0.15, 0.2) is 6.29 Å². The Morgan fingerprint density at radius 2 is 1.19 bits per heavy atom. The third kappa shape index (κ3) is 27.1. The van der Waals surface area contributed by atoms with E-state index in [4.69, 9.17) is 23.5 Å². The van der Waals surface area contributed by atoms with Gasteiger partial charge in [0.05, 0.1) is 19.8 Å². The molecule has 0 radical (unpaired) electrons. The lowest BCUT2D eigenvalue weighted by atomic mass is 9.99. The molecule has 0 aromatic carbocycles. The van der Waals surface area contributed by atoms with Crippen molar-refractivity contribution >= 4 is 16.4 Å². The number of carbonyl (C=O) groups excluding carboxylic acids is 1. The number of rotatable bonds is 36. The average molecular weight is 781 g/mol. The molecule has 0 spiro atoms. The normalized spacial score (nSPS) is 21.4. The van der Waals surface area contributed by atoms with E-state index in [0.717, 1.165) is 38.5 Å². The quantitative estimate of drug-likeness (QED) is 0.0209. The zero-order chi connectivity index (χ0) is 39.0. The van der Waals surface area contributed by atoms with E-state index in [9.17, 15) is 28.5 Å². The summed E-state index contributed by atoms with van der Waals surface area (Å²) < 4.78 is 58.7. The lowest BCUT2D eigenvalue weighted by Crippen LogP contribution is -2.60. The van der Waals surface area contributed by atoms with Crippen LogP contribution in [0.3, 0.4) is 0 Å². The summed E-state index contributed by atoms with van der Waals surface area (Å²) >= 11 is 0. The molecule has 0 aromatic heterocycles. The lowest BCUT2D eigenvalue weighted by Gasteiger charge is -2.41. The molecule has 4 N–H and O–H groups in total. The van der Waals surface area contributed by atoms with Crippen LogP contribution in [0.4, 0.5) is 0 Å². The van der Waals surface area contributed by atoms with Crippen molar-refractivity contribution in [2.45, 2.75) is 211 Å². The van der Waals surface area contributed by atoms with Crippen LogP contribution >= 0.6 is 0 Å². The van der Waals surface area contributed by atoms with E-state index < -0.39 is 59.8 Å². The molecule has 13 heteroatoms. The number of aliphatic hydroxyl groups excluding tert-OH is 3. The number of ether oxygens (including phenoxy) is 4. The molecule has 0 amide bonds. The van der Waals surface area contributed by atoms with Crippen LogP contribution in [0.5, 0.6) is 0 Å². The fraction of sp³-hybridized carbons (Fsp3) is 0.925. The second-order valence-corrected chi connectivity index (χ2v) is 15.6. The Hall–Kier alpha value is -1.16. The van der Waals surface area contributed by atoms with Crippen molar-refractivity contribution in [1.82, 2.24) is 0 Å². The maximum Gasteiger partial charge on any atom is 0.397 e. The van der Waals surface area contributed by atoms with Gasteiger partial charge in [-0.1, -0.05) is 142 Å². The molecule has 1 fully saturated rings. The molecule has 1 heterocycles. The molecule has 1 saturated heterocycles. The second-order valence-electron chi connectivity index (χ2n) is 14.6. The first-order valence-electron chi connectivity index (χ1n) is 20.9. The molecule has 1 rings (SSSR count). The van der Waals surface area contributed by atoms with Gasteiger partial charge in [0.2, 0.25) is 0 Å². The van der Waals surface area contributed by atoms with Gasteiger partial charge in [-0.15, -0.1) is 0 Å². The summed E-state index contributed by atoms with van der Waals surface area (Å²) in [6.45, 7) is 3.93. The Balaban J connectivity index is 2.37. The fourth-order valence-electron chi connectivity index (χ4n) is 6.43. The maximum absolute atomic E-state index is 12.7. The van der Waals surface area contributed by atoms with Crippen LogP contribution in [0.1, 0.15) is 174 Å². The van der Waals surface area contributed by atoms with Crippen molar-refractivity contribution < 1.29 is 56.2 Å². The van der Waals surface area contributed by atoms with Crippen LogP contribution in [0.15, 0.2) is 12.2 Å². The van der Waals surface area contributed by atoms with Crippen molar-refractivity contribution in [3.63, 3.8) is 0 Å². The first-order chi connectivity index (χ1) is 25.6.